The third-order valence-electron chi connectivity index (χ3n) is 6.06. The number of sulfonamides is 1. The van der Waals surface area contributed by atoms with Crippen LogP contribution in [0.1, 0.15) is 54.4 Å². The maximum Gasteiger partial charge on any atom is 0.335 e. The third-order valence-corrected chi connectivity index (χ3v) is 7.76. The quantitative estimate of drug-likeness (QED) is 0.599. The van der Waals surface area contributed by atoms with E-state index in [9.17, 15) is 23.6 Å². The van der Waals surface area contributed by atoms with Crippen LogP contribution in [0.3, 0.4) is 0 Å². The molecule has 2 aromatic rings. The van der Waals surface area contributed by atoms with Crippen molar-refractivity contribution in [2.24, 2.45) is 0 Å². The van der Waals surface area contributed by atoms with Crippen molar-refractivity contribution in [3.05, 3.63) is 46.5 Å². The van der Waals surface area contributed by atoms with Crippen LogP contribution in [0.2, 0.25) is 5.02 Å². The van der Waals surface area contributed by atoms with E-state index >= 15 is 0 Å². The SMILES string of the molecule is N#Cc1cc2c(cc1Cl)N1CCCC[C@H]1CCCCOc1ccc(C(=O)O)cc1S(=O)(=O)N2. The Kier molecular flexibility index (Phi) is 6.68. The van der Waals surface area contributed by atoms with Gasteiger partial charge in [0.1, 0.15) is 16.7 Å². The summed E-state index contributed by atoms with van der Waals surface area (Å²) in [5.41, 5.74) is 0.820. The van der Waals surface area contributed by atoms with Gasteiger partial charge >= 0.3 is 5.97 Å². The molecule has 1 fully saturated rings. The minimum Gasteiger partial charge on any atom is -0.492 e. The largest absolute Gasteiger partial charge is 0.492 e. The summed E-state index contributed by atoms with van der Waals surface area (Å²) < 4.78 is 35.3. The summed E-state index contributed by atoms with van der Waals surface area (Å²) in [7, 11) is -4.24. The van der Waals surface area contributed by atoms with Gasteiger partial charge in [0.25, 0.3) is 10.0 Å². The van der Waals surface area contributed by atoms with E-state index in [4.69, 9.17) is 16.3 Å². The van der Waals surface area contributed by atoms with Crippen molar-refractivity contribution < 1.29 is 23.1 Å². The number of fused-ring (bicyclic) bond motifs is 4. The molecule has 0 aromatic heterocycles. The van der Waals surface area contributed by atoms with Crippen LogP contribution in [-0.2, 0) is 10.0 Å². The van der Waals surface area contributed by atoms with Gasteiger partial charge in [-0.25, -0.2) is 13.2 Å². The zero-order valence-corrected chi connectivity index (χ0v) is 19.5. The first-order valence-corrected chi connectivity index (χ1v) is 12.7. The van der Waals surface area contributed by atoms with Gasteiger partial charge in [-0.1, -0.05) is 11.6 Å². The molecule has 33 heavy (non-hydrogen) atoms. The topological polar surface area (TPSA) is 120 Å². The molecular weight excluding hydrogens is 466 g/mol. The Morgan fingerprint density at radius 2 is 1.94 bits per heavy atom. The van der Waals surface area contributed by atoms with Crippen molar-refractivity contribution in [1.82, 2.24) is 0 Å². The van der Waals surface area contributed by atoms with E-state index in [2.05, 4.69) is 9.62 Å². The number of carbonyl (C=O) groups is 1. The minimum absolute atomic E-state index is 0.0838. The molecule has 0 unspecified atom stereocenters. The molecule has 174 valence electrons. The molecule has 2 aromatic carbocycles. The molecule has 0 spiro atoms. The number of nitrogens with zero attached hydrogens (tertiary/aromatic N) is 2. The van der Waals surface area contributed by atoms with Gasteiger partial charge in [-0.15, -0.1) is 0 Å². The second kappa shape index (κ2) is 9.49. The zero-order chi connectivity index (χ0) is 23.6. The van der Waals surface area contributed by atoms with Gasteiger partial charge in [0, 0.05) is 12.6 Å². The highest BCUT2D eigenvalue weighted by molar-refractivity contribution is 7.92. The number of hydrogen-bond donors (Lipinski definition) is 2. The summed E-state index contributed by atoms with van der Waals surface area (Å²) in [6.07, 6.45) is 5.58. The van der Waals surface area contributed by atoms with Gasteiger partial charge in [0.2, 0.25) is 0 Å². The first kappa shape index (κ1) is 23.2. The number of carboxylic acids is 1. The molecule has 4 rings (SSSR count). The van der Waals surface area contributed by atoms with E-state index in [0.29, 0.717) is 12.3 Å². The summed E-state index contributed by atoms with van der Waals surface area (Å²) >= 11 is 6.34. The van der Waals surface area contributed by atoms with Gasteiger partial charge in [-0.2, -0.15) is 5.26 Å². The standard InChI is InChI=1S/C23H24ClN3O5S/c24-18-13-20-19(11-16(18)14-25)26-33(30,31)22-12-15(23(28)29)7-8-21(22)32-10-4-2-6-17-5-1-3-9-27(17)20/h7-8,11-13,17,26H,1-6,9-10H2,(H,28,29)/t17-/m0/s1. The van der Waals surface area contributed by atoms with Gasteiger partial charge in [-0.3, -0.25) is 4.72 Å². The average Bonchev–Trinajstić information content (AvgIpc) is 2.80. The molecule has 2 N–H and O–H groups in total. The number of piperidine rings is 1. The highest BCUT2D eigenvalue weighted by Gasteiger charge is 2.29. The summed E-state index contributed by atoms with van der Waals surface area (Å²) in [4.78, 5) is 13.4. The molecule has 0 amide bonds. The number of nitriles is 1. The second-order valence-corrected chi connectivity index (χ2v) is 10.3. The number of aromatic carboxylic acids is 1. The van der Waals surface area contributed by atoms with E-state index in [1.165, 1.54) is 18.2 Å². The third kappa shape index (κ3) is 4.87. The van der Waals surface area contributed by atoms with Crippen molar-refractivity contribution >= 4 is 39.0 Å². The summed E-state index contributed by atoms with van der Waals surface area (Å²) in [5, 5.41) is 19.1. The fraction of sp³-hybridized carbons (Fsp3) is 0.391. The van der Waals surface area contributed by atoms with Gasteiger partial charge < -0.3 is 14.7 Å². The number of benzene rings is 2. The molecule has 0 saturated carbocycles. The van der Waals surface area contributed by atoms with Crippen LogP contribution in [0.5, 0.6) is 5.75 Å². The molecule has 1 saturated heterocycles. The van der Waals surface area contributed by atoms with Crippen molar-refractivity contribution in [3.63, 3.8) is 0 Å². The van der Waals surface area contributed by atoms with Crippen LogP contribution in [0, 0.1) is 11.3 Å². The van der Waals surface area contributed by atoms with Crippen LogP contribution < -0.4 is 14.4 Å². The maximum absolute atomic E-state index is 13.5. The van der Waals surface area contributed by atoms with E-state index in [0.717, 1.165) is 51.1 Å². The Hall–Kier alpha value is -2.96. The molecule has 2 aliphatic rings. The lowest BCUT2D eigenvalue weighted by Crippen LogP contribution is -2.40. The van der Waals surface area contributed by atoms with Crippen molar-refractivity contribution in [2.45, 2.75) is 49.5 Å². The number of anilines is 2. The van der Waals surface area contributed by atoms with E-state index in [1.807, 2.05) is 6.07 Å². The maximum atomic E-state index is 13.5. The first-order valence-electron chi connectivity index (χ1n) is 10.8. The molecule has 2 aliphatic heterocycles. The van der Waals surface area contributed by atoms with Crippen molar-refractivity contribution in [2.75, 3.05) is 22.8 Å². The first-order chi connectivity index (χ1) is 15.8. The number of carboxylic acid groups (broad SMARTS) is 1. The summed E-state index contributed by atoms with van der Waals surface area (Å²) in [6, 6.07) is 9.05. The van der Waals surface area contributed by atoms with Crippen LogP contribution in [-0.4, -0.2) is 38.7 Å². The van der Waals surface area contributed by atoms with Crippen LogP contribution in [0.4, 0.5) is 11.4 Å². The van der Waals surface area contributed by atoms with Crippen LogP contribution in [0.25, 0.3) is 0 Å². The monoisotopic (exact) mass is 489 g/mol. The highest BCUT2D eigenvalue weighted by Crippen LogP contribution is 2.39. The van der Waals surface area contributed by atoms with E-state index in [1.54, 1.807) is 6.07 Å². The Morgan fingerprint density at radius 1 is 1.18 bits per heavy atom. The van der Waals surface area contributed by atoms with E-state index < -0.39 is 16.0 Å². The summed E-state index contributed by atoms with van der Waals surface area (Å²) in [6.45, 7) is 1.07. The number of nitrogens with one attached hydrogen (secondary N) is 1. The Bertz CT molecular complexity index is 1230. The Labute approximate surface area is 197 Å². The molecule has 2 heterocycles. The average molecular weight is 490 g/mol. The minimum atomic E-state index is -4.24. The Balaban J connectivity index is 1.88. The van der Waals surface area contributed by atoms with Crippen LogP contribution >= 0.6 is 11.6 Å². The predicted molar refractivity (Wildman–Crippen MR) is 125 cm³/mol. The zero-order valence-electron chi connectivity index (χ0n) is 17.9. The van der Waals surface area contributed by atoms with Gasteiger partial charge in [0.15, 0.2) is 0 Å². The van der Waals surface area contributed by atoms with Crippen molar-refractivity contribution in [3.8, 4) is 11.8 Å². The van der Waals surface area contributed by atoms with Gasteiger partial charge in [-0.05, 0) is 68.9 Å². The lowest BCUT2D eigenvalue weighted by Gasteiger charge is -2.39. The molecule has 0 radical (unpaired) electrons. The number of rotatable bonds is 1. The highest BCUT2D eigenvalue weighted by atomic mass is 35.5. The van der Waals surface area contributed by atoms with Crippen molar-refractivity contribution in [1.29, 1.82) is 5.26 Å². The second-order valence-electron chi connectivity index (χ2n) is 8.22. The number of ether oxygens (including phenoxy) is 1. The fourth-order valence-electron chi connectivity index (χ4n) is 4.42. The Morgan fingerprint density at radius 3 is 2.67 bits per heavy atom. The predicted octanol–water partition coefficient (Wildman–Crippen LogP) is 4.63. The fourth-order valence-corrected chi connectivity index (χ4v) is 5.86. The van der Waals surface area contributed by atoms with Gasteiger partial charge in [0.05, 0.1) is 34.1 Å². The summed E-state index contributed by atoms with van der Waals surface area (Å²) in [5.74, 6) is -1.16. The molecule has 0 aliphatic carbocycles. The number of halogens is 1. The lowest BCUT2D eigenvalue weighted by molar-refractivity contribution is 0.0696. The normalized spacial score (nSPS) is 20.1. The van der Waals surface area contributed by atoms with Crippen LogP contribution in [0.15, 0.2) is 35.2 Å². The molecule has 0 bridgehead atoms. The molecule has 10 heteroatoms. The lowest BCUT2D eigenvalue weighted by atomic mass is 9.96. The number of hydrogen-bond acceptors (Lipinski definition) is 6. The van der Waals surface area contributed by atoms with E-state index in [-0.39, 0.29) is 38.5 Å². The molecular formula is C23H24ClN3O5S. The molecule has 8 nitrogen and oxygen atoms in total. The smallest absolute Gasteiger partial charge is 0.335 e. The molecule has 1 atom stereocenters.